The Bertz CT molecular complexity index is 458. The summed E-state index contributed by atoms with van der Waals surface area (Å²) in [5.74, 6) is -0.00804. The molecule has 1 aromatic rings. The molecule has 0 saturated carbocycles. The zero-order valence-electron chi connectivity index (χ0n) is 12.3. The van der Waals surface area contributed by atoms with E-state index in [2.05, 4.69) is 9.97 Å². The Morgan fingerprint density at radius 1 is 1.45 bits per heavy atom. The van der Waals surface area contributed by atoms with E-state index in [4.69, 9.17) is 9.47 Å². The molecule has 1 aliphatic heterocycles. The molecule has 6 nitrogen and oxygen atoms in total. The van der Waals surface area contributed by atoms with Gasteiger partial charge >= 0.3 is 0 Å². The summed E-state index contributed by atoms with van der Waals surface area (Å²) in [6.07, 6.45) is 2.32. The van der Waals surface area contributed by atoms with Crippen LogP contribution in [0.5, 0.6) is 0 Å². The molecule has 1 saturated heterocycles. The minimum atomic E-state index is -0.00804. The molecule has 110 valence electrons. The minimum absolute atomic E-state index is 0.00804. The molecule has 1 atom stereocenters. The lowest BCUT2D eigenvalue weighted by Gasteiger charge is -2.33. The predicted octanol–water partition coefficient (Wildman–Crippen LogP) is 0.971. The van der Waals surface area contributed by atoms with Crippen molar-refractivity contribution in [3.63, 3.8) is 0 Å². The van der Waals surface area contributed by atoms with E-state index >= 15 is 0 Å². The van der Waals surface area contributed by atoms with E-state index in [1.54, 1.807) is 7.11 Å². The SMILES string of the molecule is COCCC1CN(C(=O)c2c(C)ncnc2C)CCO1. The van der Waals surface area contributed by atoms with Crippen LogP contribution in [0, 0.1) is 13.8 Å². The summed E-state index contributed by atoms with van der Waals surface area (Å²) in [6.45, 7) is 6.08. The van der Waals surface area contributed by atoms with Gasteiger partial charge in [0.2, 0.25) is 0 Å². The van der Waals surface area contributed by atoms with Gasteiger partial charge in [-0.15, -0.1) is 0 Å². The van der Waals surface area contributed by atoms with E-state index in [0.717, 1.165) is 17.8 Å². The second kappa shape index (κ2) is 6.76. The first-order valence-corrected chi connectivity index (χ1v) is 6.81. The van der Waals surface area contributed by atoms with Crippen LogP contribution in [0.3, 0.4) is 0 Å². The Hall–Kier alpha value is -1.53. The molecule has 2 rings (SSSR count). The van der Waals surface area contributed by atoms with Crippen LogP contribution < -0.4 is 0 Å². The molecule has 0 aromatic carbocycles. The van der Waals surface area contributed by atoms with E-state index in [9.17, 15) is 4.79 Å². The van der Waals surface area contributed by atoms with Crippen molar-refractivity contribution < 1.29 is 14.3 Å². The summed E-state index contributed by atoms with van der Waals surface area (Å²) in [6, 6.07) is 0. The molecule has 6 heteroatoms. The highest BCUT2D eigenvalue weighted by molar-refractivity contribution is 5.96. The molecular formula is C14H21N3O3. The van der Waals surface area contributed by atoms with Crippen molar-refractivity contribution in [3.8, 4) is 0 Å². The third kappa shape index (κ3) is 3.32. The van der Waals surface area contributed by atoms with Crippen LogP contribution >= 0.6 is 0 Å². The Balaban J connectivity index is 2.08. The van der Waals surface area contributed by atoms with Gasteiger partial charge in [-0.25, -0.2) is 9.97 Å². The molecule has 1 aromatic heterocycles. The van der Waals surface area contributed by atoms with Gasteiger partial charge < -0.3 is 14.4 Å². The summed E-state index contributed by atoms with van der Waals surface area (Å²) in [4.78, 5) is 22.7. The third-order valence-corrected chi connectivity index (χ3v) is 3.51. The highest BCUT2D eigenvalue weighted by Gasteiger charge is 2.27. The van der Waals surface area contributed by atoms with Gasteiger partial charge in [0.15, 0.2) is 0 Å². The van der Waals surface area contributed by atoms with Gasteiger partial charge in [-0.2, -0.15) is 0 Å². The molecule has 1 amide bonds. The van der Waals surface area contributed by atoms with Crippen molar-refractivity contribution in [2.75, 3.05) is 33.4 Å². The largest absolute Gasteiger partial charge is 0.385 e. The first-order valence-electron chi connectivity index (χ1n) is 6.81. The first-order chi connectivity index (χ1) is 9.63. The lowest BCUT2D eigenvalue weighted by molar-refractivity contribution is -0.0333. The van der Waals surface area contributed by atoms with E-state index < -0.39 is 0 Å². The number of aromatic nitrogens is 2. The molecule has 0 bridgehead atoms. The standard InChI is InChI=1S/C14H21N3O3/c1-10-13(11(2)16-9-15-10)14(18)17-5-7-20-12(8-17)4-6-19-3/h9,12H,4-8H2,1-3H3. The fourth-order valence-electron chi connectivity index (χ4n) is 2.39. The van der Waals surface area contributed by atoms with Crippen LogP contribution in [-0.4, -0.2) is 60.3 Å². The van der Waals surface area contributed by atoms with Gasteiger partial charge in [-0.05, 0) is 20.3 Å². The second-order valence-electron chi connectivity index (χ2n) is 4.94. The number of carbonyl (C=O) groups is 1. The van der Waals surface area contributed by atoms with Gasteiger partial charge in [-0.3, -0.25) is 4.79 Å². The zero-order chi connectivity index (χ0) is 14.5. The Morgan fingerprint density at radius 2 is 2.15 bits per heavy atom. The maximum Gasteiger partial charge on any atom is 0.257 e. The minimum Gasteiger partial charge on any atom is -0.385 e. The summed E-state index contributed by atoms with van der Waals surface area (Å²) in [5.41, 5.74) is 2.06. The second-order valence-corrected chi connectivity index (χ2v) is 4.94. The highest BCUT2D eigenvalue weighted by atomic mass is 16.5. The monoisotopic (exact) mass is 279 g/mol. The summed E-state index contributed by atoms with van der Waals surface area (Å²) >= 11 is 0. The highest BCUT2D eigenvalue weighted by Crippen LogP contribution is 2.16. The van der Waals surface area contributed by atoms with Crippen LogP contribution in [0.4, 0.5) is 0 Å². The number of morpholine rings is 1. The molecule has 1 unspecified atom stereocenters. The average molecular weight is 279 g/mol. The van der Waals surface area contributed by atoms with Gasteiger partial charge in [0, 0.05) is 26.8 Å². The number of aryl methyl sites for hydroxylation is 2. The number of nitrogens with zero attached hydrogens (tertiary/aromatic N) is 3. The van der Waals surface area contributed by atoms with E-state index in [1.807, 2.05) is 18.7 Å². The summed E-state index contributed by atoms with van der Waals surface area (Å²) in [7, 11) is 1.67. The molecule has 0 aliphatic carbocycles. The maximum atomic E-state index is 12.6. The van der Waals surface area contributed by atoms with Crippen molar-refractivity contribution in [1.29, 1.82) is 0 Å². The molecule has 0 spiro atoms. The number of carbonyl (C=O) groups excluding carboxylic acids is 1. The Kier molecular flexibility index (Phi) is 5.03. The molecule has 2 heterocycles. The molecular weight excluding hydrogens is 258 g/mol. The maximum absolute atomic E-state index is 12.6. The lowest BCUT2D eigenvalue weighted by Crippen LogP contribution is -2.46. The fraction of sp³-hybridized carbons (Fsp3) is 0.643. The Labute approximate surface area is 119 Å². The lowest BCUT2D eigenvalue weighted by atomic mass is 10.1. The normalized spacial score (nSPS) is 19.1. The van der Waals surface area contributed by atoms with Crippen molar-refractivity contribution >= 4 is 5.91 Å². The smallest absolute Gasteiger partial charge is 0.257 e. The van der Waals surface area contributed by atoms with E-state index in [-0.39, 0.29) is 12.0 Å². The summed E-state index contributed by atoms with van der Waals surface area (Å²) < 4.78 is 10.7. The van der Waals surface area contributed by atoms with Crippen LogP contribution in [0.2, 0.25) is 0 Å². The van der Waals surface area contributed by atoms with Crippen LogP contribution in [-0.2, 0) is 9.47 Å². The third-order valence-electron chi connectivity index (χ3n) is 3.51. The molecule has 1 aliphatic rings. The predicted molar refractivity (Wildman–Crippen MR) is 73.6 cm³/mol. The molecule has 1 fully saturated rings. The number of methoxy groups -OCH3 is 1. The number of rotatable bonds is 4. The van der Waals surface area contributed by atoms with Gasteiger partial charge in [-0.1, -0.05) is 0 Å². The molecule has 0 radical (unpaired) electrons. The number of amides is 1. The first kappa shape index (κ1) is 14.9. The average Bonchev–Trinajstić information content (AvgIpc) is 2.45. The van der Waals surface area contributed by atoms with Gasteiger partial charge in [0.05, 0.1) is 29.7 Å². The fourth-order valence-corrected chi connectivity index (χ4v) is 2.39. The van der Waals surface area contributed by atoms with Gasteiger partial charge in [0.1, 0.15) is 6.33 Å². The number of ether oxygens (including phenoxy) is 2. The molecule has 0 N–H and O–H groups in total. The van der Waals surface area contributed by atoms with Crippen LogP contribution in [0.15, 0.2) is 6.33 Å². The quantitative estimate of drug-likeness (QED) is 0.821. The zero-order valence-corrected chi connectivity index (χ0v) is 12.3. The van der Waals surface area contributed by atoms with Gasteiger partial charge in [0.25, 0.3) is 5.91 Å². The van der Waals surface area contributed by atoms with Crippen LogP contribution in [0.25, 0.3) is 0 Å². The Morgan fingerprint density at radius 3 is 2.80 bits per heavy atom. The van der Waals surface area contributed by atoms with Crippen LogP contribution in [0.1, 0.15) is 28.2 Å². The van der Waals surface area contributed by atoms with E-state index in [1.165, 1.54) is 6.33 Å². The van der Waals surface area contributed by atoms with Crippen molar-refractivity contribution in [2.45, 2.75) is 26.4 Å². The topological polar surface area (TPSA) is 64.5 Å². The van der Waals surface area contributed by atoms with Crippen molar-refractivity contribution in [3.05, 3.63) is 23.3 Å². The number of hydrogen-bond acceptors (Lipinski definition) is 5. The number of hydrogen-bond donors (Lipinski definition) is 0. The van der Waals surface area contributed by atoms with E-state index in [0.29, 0.717) is 31.9 Å². The summed E-state index contributed by atoms with van der Waals surface area (Å²) in [5, 5.41) is 0. The molecule has 20 heavy (non-hydrogen) atoms. The van der Waals surface area contributed by atoms with Crippen molar-refractivity contribution in [2.24, 2.45) is 0 Å². The van der Waals surface area contributed by atoms with Crippen molar-refractivity contribution in [1.82, 2.24) is 14.9 Å².